The number of hydrogen-bond donors (Lipinski definition) is 0. The van der Waals surface area contributed by atoms with Crippen LogP contribution in [0.1, 0.15) is 35.2 Å². The van der Waals surface area contributed by atoms with Gasteiger partial charge in [-0.2, -0.15) is 0 Å². The lowest BCUT2D eigenvalue weighted by atomic mass is 10.0. The number of carbonyl (C=O) groups is 3. The number of carbonyl (C=O) groups excluding carboxylic acids is 3. The summed E-state index contributed by atoms with van der Waals surface area (Å²) in [6.45, 7) is 2.76. The fourth-order valence-electron chi connectivity index (χ4n) is 5.21. The van der Waals surface area contributed by atoms with Crippen molar-refractivity contribution in [1.29, 1.82) is 0 Å². The Morgan fingerprint density at radius 1 is 1.03 bits per heavy atom. The second-order valence-electron chi connectivity index (χ2n) is 9.73. The number of ether oxygens (including phenoxy) is 1. The van der Waals surface area contributed by atoms with Crippen molar-refractivity contribution in [2.75, 3.05) is 18.1 Å². The van der Waals surface area contributed by atoms with Gasteiger partial charge < -0.3 is 14.1 Å². The van der Waals surface area contributed by atoms with Gasteiger partial charge in [-0.25, -0.2) is 9.88 Å². The third-order valence-electron chi connectivity index (χ3n) is 7.23. The lowest BCUT2D eigenvalue weighted by molar-refractivity contribution is -0.122. The molecule has 6 rings (SSSR count). The van der Waals surface area contributed by atoms with Gasteiger partial charge in [0.1, 0.15) is 11.6 Å². The quantitative estimate of drug-likeness (QED) is 0.348. The van der Waals surface area contributed by atoms with E-state index in [-0.39, 0.29) is 30.9 Å². The fraction of sp³-hybridized carbons (Fsp3) is 0.267. The molecule has 2 unspecified atom stereocenters. The van der Waals surface area contributed by atoms with E-state index in [1.807, 2.05) is 43.3 Å². The van der Waals surface area contributed by atoms with E-state index in [0.29, 0.717) is 29.3 Å². The summed E-state index contributed by atoms with van der Waals surface area (Å²) in [5.74, 6) is -0.562. The van der Waals surface area contributed by atoms with Crippen LogP contribution in [0.4, 0.5) is 5.69 Å². The van der Waals surface area contributed by atoms with Crippen molar-refractivity contribution in [3.63, 3.8) is 0 Å². The summed E-state index contributed by atoms with van der Waals surface area (Å²) in [6, 6.07) is 20.9. The van der Waals surface area contributed by atoms with Crippen LogP contribution in [-0.2, 0) is 14.3 Å². The first-order valence-corrected chi connectivity index (χ1v) is 12.8. The Morgan fingerprint density at radius 3 is 2.53 bits per heavy atom. The van der Waals surface area contributed by atoms with Crippen LogP contribution in [0.5, 0.6) is 0 Å². The van der Waals surface area contributed by atoms with E-state index < -0.39 is 11.9 Å². The van der Waals surface area contributed by atoms with Crippen molar-refractivity contribution < 1.29 is 23.5 Å². The monoisotopic (exact) mass is 509 g/mol. The average molecular weight is 510 g/mol. The molecule has 0 radical (unpaired) electrons. The van der Waals surface area contributed by atoms with Crippen molar-refractivity contribution in [2.45, 2.75) is 38.3 Å². The Morgan fingerprint density at radius 2 is 1.79 bits per heavy atom. The highest BCUT2D eigenvalue weighted by molar-refractivity contribution is 6.23. The number of para-hydroxylation sites is 2. The molecule has 2 atom stereocenters. The van der Waals surface area contributed by atoms with E-state index in [1.165, 1.54) is 9.80 Å². The number of imide groups is 1. The minimum Gasteiger partial charge on any atom is -0.436 e. The second-order valence-corrected chi connectivity index (χ2v) is 9.73. The number of amides is 3. The van der Waals surface area contributed by atoms with Gasteiger partial charge in [-0.1, -0.05) is 30.3 Å². The summed E-state index contributed by atoms with van der Waals surface area (Å²) < 4.78 is 11.6. The molecule has 3 amide bonds. The van der Waals surface area contributed by atoms with Crippen LogP contribution in [0.2, 0.25) is 0 Å². The van der Waals surface area contributed by atoms with Gasteiger partial charge in [-0.3, -0.25) is 14.4 Å². The largest absolute Gasteiger partial charge is 0.436 e. The SMILES string of the molecule is Cc1ccccc1C(=O)N(CC1CCCO1)C1CC(=O)N(c2ccc(-c3nc4ccccc4o3)cc2)C1=O. The predicted octanol–water partition coefficient (Wildman–Crippen LogP) is 4.76. The summed E-state index contributed by atoms with van der Waals surface area (Å²) in [4.78, 5) is 47.7. The van der Waals surface area contributed by atoms with Crippen molar-refractivity contribution >= 4 is 34.5 Å². The predicted molar refractivity (Wildman–Crippen MR) is 142 cm³/mol. The molecule has 8 nitrogen and oxygen atoms in total. The van der Waals surface area contributed by atoms with Crippen LogP contribution in [0.15, 0.2) is 77.2 Å². The van der Waals surface area contributed by atoms with Crippen LogP contribution in [-0.4, -0.2) is 52.9 Å². The van der Waals surface area contributed by atoms with Crippen molar-refractivity contribution in [2.24, 2.45) is 0 Å². The second kappa shape index (κ2) is 9.87. The Labute approximate surface area is 219 Å². The van der Waals surface area contributed by atoms with Crippen molar-refractivity contribution in [3.05, 3.63) is 83.9 Å². The molecule has 0 bridgehead atoms. The Balaban J connectivity index is 1.27. The molecule has 0 spiro atoms. The highest BCUT2D eigenvalue weighted by Gasteiger charge is 2.45. The van der Waals surface area contributed by atoms with Gasteiger partial charge in [0.2, 0.25) is 11.8 Å². The number of oxazole rings is 1. The number of hydrogen-bond acceptors (Lipinski definition) is 6. The van der Waals surface area contributed by atoms with Crippen LogP contribution in [0.3, 0.4) is 0 Å². The first kappa shape index (κ1) is 24.1. The highest BCUT2D eigenvalue weighted by Crippen LogP contribution is 2.31. The molecule has 4 aromatic rings. The lowest BCUT2D eigenvalue weighted by Crippen LogP contribution is -2.48. The van der Waals surface area contributed by atoms with Crippen LogP contribution in [0, 0.1) is 6.92 Å². The first-order valence-electron chi connectivity index (χ1n) is 12.8. The zero-order chi connectivity index (χ0) is 26.2. The maximum atomic E-state index is 13.7. The maximum Gasteiger partial charge on any atom is 0.257 e. The molecule has 8 heteroatoms. The minimum absolute atomic E-state index is 0.0734. The molecule has 2 aliphatic rings. The van der Waals surface area contributed by atoms with Gasteiger partial charge in [-0.15, -0.1) is 0 Å². The van der Waals surface area contributed by atoms with Gasteiger partial charge in [0.25, 0.3) is 11.8 Å². The van der Waals surface area contributed by atoms with E-state index in [2.05, 4.69) is 4.98 Å². The van der Waals surface area contributed by atoms with Gasteiger partial charge in [0.05, 0.1) is 18.2 Å². The van der Waals surface area contributed by atoms with E-state index in [4.69, 9.17) is 9.15 Å². The number of rotatable bonds is 6. The maximum absolute atomic E-state index is 13.7. The molecule has 0 saturated carbocycles. The van der Waals surface area contributed by atoms with Gasteiger partial charge in [-0.05, 0) is 67.8 Å². The summed E-state index contributed by atoms with van der Waals surface area (Å²) in [5, 5.41) is 0. The zero-order valence-corrected chi connectivity index (χ0v) is 21.0. The number of aryl methyl sites for hydroxylation is 1. The Bertz CT molecular complexity index is 1490. The number of nitrogens with zero attached hydrogens (tertiary/aromatic N) is 3. The van der Waals surface area contributed by atoms with Gasteiger partial charge in [0, 0.05) is 24.3 Å². The molecular weight excluding hydrogens is 482 g/mol. The fourth-order valence-corrected chi connectivity index (χ4v) is 5.21. The number of fused-ring (bicyclic) bond motifs is 1. The molecule has 0 N–H and O–H groups in total. The third-order valence-corrected chi connectivity index (χ3v) is 7.23. The Hall–Kier alpha value is -4.30. The lowest BCUT2D eigenvalue weighted by Gasteiger charge is -2.30. The molecule has 2 aliphatic heterocycles. The molecule has 0 aliphatic carbocycles. The highest BCUT2D eigenvalue weighted by atomic mass is 16.5. The van der Waals surface area contributed by atoms with Gasteiger partial charge in [0.15, 0.2) is 5.58 Å². The molecule has 1 aromatic heterocycles. The van der Waals surface area contributed by atoms with Crippen LogP contribution < -0.4 is 4.90 Å². The first-order chi connectivity index (χ1) is 18.5. The Kier molecular flexibility index (Phi) is 6.25. The number of benzene rings is 3. The summed E-state index contributed by atoms with van der Waals surface area (Å²) >= 11 is 0. The molecule has 3 heterocycles. The summed E-state index contributed by atoms with van der Waals surface area (Å²) in [5.41, 5.74) is 3.95. The molecule has 3 aromatic carbocycles. The van der Waals surface area contributed by atoms with E-state index in [9.17, 15) is 14.4 Å². The summed E-state index contributed by atoms with van der Waals surface area (Å²) in [7, 11) is 0. The molecule has 2 fully saturated rings. The summed E-state index contributed by atoms with van der Waals surface area (Å²) in [6.07, 6.45) is 1.49. The van der Waals surface area contributed by atoms with Crippen LogP contribution >= 0.6 is 0 Å². The van der Waals surface area contributed by atoms with Gasteiger partial charge >= 0.3 is 0 Å². The normalized spacial score (nSPS) is 19.4. The third kappa shape index (κ3) is 4.37. The molecule has 38 heavy (non-hydrogen) atoms. The van der Waals surface area contributed by atoms with E-state index in [1.54, 1.807) is 36.4 Å². The molecule has 2 saturated heterocycles. The zero-order valence-electron chi connectivity index (χ0n) is 21.0. The van der Waals surface area contributed by atoms with E-state index in [0.717, 1.165) is 29.5 Å². The van der Waals surface area contributed by atoms with Crippen LogP contribution in [0.25, 0.3) is 22.6 Å². The minimum atomic E-state index is -0.893. The molecule has 192 valence electrons. The molecular formula is C30H27N3O5. The topological polar surface area (TPSA) is 92.9 Å². The van der Waals surface area contributed by atoms with Crippen molar-refractivity contribution in [1.82, 2.24) is 9.88 Å². The smallest absolute Gasteiger partial charge is 0.257 e. The standard InChI is InChI=1S/C30H27N3O5/c1-19-7-2-3-9-23(19)29(35)32(18-22-8-6-16-37-22)25-17-27(34)33(30(25)36)21-14-12-20(13-15-21)28-31-24-10-4-5-11-26(24)38-28/h2-5,7,9-15,22,25H,6,8,16-18H2,1H3. The average Bonchev–Trinajstić information content (AvgIpc) is 3.66. The van der Waals surface area contributed by atoms with E-state index >= 15 is 0 Å². The number of aromatic nitrogens is 1. The number of anilines is 1. The van der Waals surface area contributed by atoms with Crippen molar-refractivity contribution in [3.8, 4) is 11.5 Å².